The van der Waals surface area contributed by atoms with Crippen molar-refractivity contribution in [2.24, 2.45) is 23.7 Å². The van der Waals surface area contributed by atoms with Crippen LogP contribution >= 0.6 is 31.9 Å². The molecule has 0 aromatic heterocycles. The summed E-state index contributed by atoms with van der Waals surface area (Å²) >= 11 is 7.41. The zero-order chi connectivity index (χ0) is 20.7. The van der Waals surface area contributed by atoms with E-state index in [4.69, 9.17) is 4.74 Å². The Morgan fingerprint density at radius 1 is 1.07 bits per heavy atom. The maximum atomic E-state index is 13.1. The van der Waals surface area contributed by atoms with Gasteiger partial charge in [0, 0.05) is 22.1 Å². The van der Waals surface area contributed by atoms with Gasteiger partial charge in [-0.25, -0.2) is 4.90 Å². The predicted molar refractivity (Wildman–Crippen MR) is 117 cm³/mol. The molecule has 1 aromatic rings. The number of alkyl halides is 2. The number of amides is 2. The Morgan fingerprint density at radius 3 is 2.34 bits per heavy atom. The van der Waals surface area contributed by atoms with Gasteiger partial charge in [-0.15, -0.1) is 0 Å². The van der Waals surface area contributed by atoms with E-state index in [1.807, 2.05) is 0 Å². The van der Waals surface area contributed by atoms with E-state index in [1.54, 1.807) is 24.3 Å². The van der Waals surface area contributed by atoms with Crippen LogP contribution in [0.4, 0.5) is 5.69 Å². The first-order valence-corrected chi connectivity index (χ1v) is 12.2. The Morgan fingerprint density at radius 2 is 1.72 bits per heavy atom. The van der Waals surface area contributed by atoms with Crippen LogP contribution in [0.5, 0.6) is 5.75 Å². The maximum absolute atomic E-state index is 13.1. The van der Waals surface area contributed by atoms with Gasteiger partial charge in [-0.2, -0.15) is 0 Å². The first-order chi connectivity index (χ1) is 13.9. The van der Waals surface area contributed by atoms with Gasteiger partial charge >= 0.3 is 5.97 Å². The molecule has 3 fully saturated rings. The average Bonchev–Trinajstić information content (AvgIpc) is 3.30. The lowest BCUT2D eigenvalue weighted by molar-refractivity contribution is -0.134. The SMILES string of the molecule is CCCCCCC(=O)Oc1cccc(N2C(=O)[C@@H]3[C@H]4C[C@@H]([C@H](Br)[C@H]4Br)[C@@H]3C2=O)c1. The molecule has 3 aliphatic rings. The average molecular weight is 527 g/mol. The second-order valence-corrected chi connectivity index (χ2v) is 10.4. The molecule has 0 unspecified atom stereocenters. The number of nitrogens with zero attached hydrogens (tertiary/aromatic N) is 1. The summed E-state index contributed by atoms with van der Waals surface area (Å²) in [7, 11) is 0. The van der Waals surface area contributed by atoms with Crippen molar-refractivity contribution < 1.29 is 19.1 Å². The summed E-state index contributed by atoms with van der Waals surface area (Å²) in [6, 6.07) is 6.76. The molecule has 2 bridgehead atoms. The van der Waals surface area contributed by atoms with E-state index in [1.165, 1.54) is 4.90 Å². The van der Waals surface area contributed by atoms with E-state index < -0.39 is 0 Å². The van der Waals surface area contributed by atoms with Crippen LogP contribution in [0.15, 0.2) is 24.3 Å². The number of carbonyl (C=O) groups excluding carboxylic acids is 3. The summed E-state index contributed by atoms with van der Waals surface area (Å²) in [5, 5.41) is 0. The van der Waals surface area contributed by atoms with Crippen molar-refractivity contribution in [1.82, 2.24) is 0 Å². The fourth-order valence-corrected chi connectivity index (χ4v) is 7.04. The number of imide groups is 1. The van der Waals surface area contributed by atoms with Gasteiger partial charge in [0.05, 0.1) is 17.5 Å². The van der Waals surface area contributed by atoms with Gasteiger partial charge in [-0.1, -0.05) is 64.1 Å². The van der Waals surface area contributed by atoms with E-state index in [-0.39, 0.29) is 51.1 Å². The molecule has 1 aromatic carbocycles. The Bertz CT molecular complexity index is 797. The van der Waals surface area contributed by atoms with Gasteiger partial charge in [-0.05, 0) is 36.8 Å². The summed E-state index contributed by atoms with van der Waals surface area (Å²) in [4.78, 5) is 40.1. The zero-order valence-electron chi connectivity index (χ0n) is 16.4. The number of esters is 1. The minimum atomic E-state index is -0.281. The number of hydrogen-bond donors (Lipinski definition) is 0. The number of benzene rings is 1. The highest BCUT2D eigenvalue weighted by atomic mass is 79.9. The van der Waals surface area contributed by atoms with Gasteiger partial charge in [0.25, 0.3) is 0 Å². The minimum absolute atomic E-state index is 0.126. The first-order valence-electron chi connectivity index (χ1n) is 10.4. The Labute approximate surface area is 187 Å². The summed E-state index contributed by atoms with van der Waals surface area (Å²) in [5.41, 5.74) is 0.488. The van der Waals surface area contributed by atoms with E-state index in [2.05, 4.69) is 38.8 Å². The van der Waals surface area contributed by atoms with Crippen LogP contribution in [0, 0.1) is 23.7 Å². The number of halogens is 2. The molecular weight excluding hydrogens is 502 g/mol. The number of anilines is 1. The minimum Gasteiger partial charge on any atom is -0.426 e. The van der Waals surface area contributed by atoms with E-state index in [0.717, 1.165) is 32.1 Å². The first kappa shape index (κ1) is 21.0. The van der Waals surface area contributed by atoms with Crippen LogP contribution < -0.4 is 9.64 Å². The molecule has 0 spiro atoms. The third-order valence-corrected chi connectivity index (χ3v) is 9.74. The summed E-state index contributed by atoms with van der Waals surface area (Å²) < 4.78 is 5.44. The number of hydrogen-bond acceptors (Lipinski definition) is 4. The van der Waals surface area contributed by atoms with Crippen LogP contribution in [0.3, 0.4) is 0 Å². The summed E-state index contributed by atoms with van der Waals surface area (Å²) in [5.74, 6) is -0.304. The lowest BCUT2D eigenvalue weighted by atomic mass is 9.81. The number of carbonyl (C=O) groups is 3. The van der Waals surface area contributed by atoms with Gasteiger partial charge in [0.15, 0.2) is 0 Å². The molecule has 5 nitrogen and oxygen atoms in total. The van der Waals surface area contributed by atoms with Gasteiger partial charge < -0.3 is 4.74 Å². The summed E-state index contributed by atoms with van der Waals surface area (Å²) in [6.07, 6.45) is 5.32. The number of unbranched alkanes of at least 4 members (excludes halogenated alkanes) is 3. The smallest absolute Gasteiger partial charge is 0.311 e. The quantitative estimate of drug-likeness (QED) is 0.167. The highest BCUT2D eigenvalue weighted by Crippen LogP contribution is 2.60. The molecule has 2 saturated carbocycles. The second kappa shape index (κ2) is 8.50. The van der Waals surface area contributed by atoms with Crippen LogP contribution in [0.2, 0.25) is 0 Å². The van der Waals surface area contributed by atoms with E-state index in [9.17, 15) is 14.4 Å². The van der Waals surface area contributed by atoms with Crippen molar-refractivity contribution in [1.29, 1.82) is 0 Å². The molecule has 4 rings (SSSR count). The van der Waals surface area contributed by atoms with Crippen molar-refractivity contribution in [2.75, 3.05) is 4.90 Å². The summed E-state index contributed by atoms with van der Waals surface area (Å²) in [6.45, 7) is 2.13. The van der Waals surface area contributed by atoms with Gasteiger partial charge in [0.2, 0.25) is 11.8 Å². The fourth-order valence-electron chi connectivity index (χ4n) is 5.17. The van der Waals surface area contributed by atoms with Crippen molar-refractivity contribution in [3.8, 4) is 5.75 Å². The molecular formula is C22H25Br2NO4. The predicted octanol–water partition coefficient (Wildman–Crippen LogP) is 4.84. The molecule has 1 aliphatic heterocycles. The van der Waals surface area contributed by atoms with Crippen molar-refractivity contribution >= 4 is 55.3 Å². The molecule has 7 heteroatoms. The zero-order valence-corrected chi connectivity index (χ0v) is 19.5. The highest BCUT2D eigenvalue weighted by Gasteiger charge is 2.66. The van der Waals surface area contributed by atoms with Crippen LogP contribution in [0.25, 0.3) is 0 Å². The molecule has 2 amide bonds. The monoisotopic (exact) mass is 525 g/mol. The third-order valence-electron chi connectivity index (χ3n) is 6.53. The molecule has 29 heavy (non-hydrogen) atoms. The molecule has 1 heterocycles. The van der Waals surface area contributed by atoms with E-state index >= 15 is 0 Å². The Hall–Kier alpha value is -1.21. The highest BCUT2D eigenvalue weighted by molar-refractivity contribution is 9.12. The molecule has 0 N–H and O–H groups in total. The fraction of sp³-hybridized carbons (Fsp3) is 0.591. The Kier molecular flexibility index (Phi) is 6.17. The lowest BCUT2D eigenvalue weighted by Gasteiger charge is -2.28. The number of ether oxygens (including phenoxy) is 1. The van der Waals surface area contributed by atoms with Crippen LogP contribution in [-0.2, 0) is 14.4 Å². The van der Waals surface area contributed by atoms with Crippen LogP contribution in [-0.4, -0.2) is 27.4 Å². The largest absolute Gasteiger partial charge is 0.426 e. The third kappa shape index (κ3) is 3.69. The van der Waals surface area contributed by atoms with E-state index in [0.29, 0.717) is 17.9 Å². The molecule has 0 radical (unpaired) electrons. The Balaban J connectivity index is 1.47. The normalized spacial score (nSPS) is 32.7. The van der Waals surface area contributed by atoms with Gasteiger partial charge in [0.1, 0.15) is 5.75 Å². The van der Waals surface area contributed by atoms with Crippen molar-refractivity contribution in [2.45, 2.75) is 55.1 Å². The number of rotatable bonds is 7. The standard InChI is InChI=1S/C22H25Br2NO4/c1-2-3-4-5-9-16(26)29-13-8-6-7-12(10-13)25-21(27)17-14-11-15(18(17)22(25)28)20(24)19(14)23/h6-8,10,14-15,17-20H,2-5,9,11H2,1H3/t14-,15-,17-,18+,19+,20+/m1/s1. The van der Waals surface area contributed by atoms with Crippen LogP contribution in [0.1, 0.15) is 45.4 Å². The molecule has 1 saturated heterocycles. The molecule has 156 valence electrons. The number of fused-ring (bicyclic) bond motifs is 5. The lowest BCUT2D eigenvalue weighted by Crippen LogP contribution is -2.37. The maximum Gasteiger partial charge on any atom is 0.311 e. The molecule has 2 aliphatic carbocycles. The molecule has 6 atom stereocenters. The second-order valence-electron chi connectivity index (χ2n) is 8.30. The topological polar surface area (TPSA) is 63.7 Å². The van der Waals surface area contributed by atoms with Gasteiger partial charge in [-0.3, -0.25) is 14.4 Å². The van der Waals surface area contributed by atoms with Crippen molar-refractivity contribution in [3.63, 3.8) is 0 Å². The van der Waals surface area contributed by atoms with Crippen molar-refractivity contribution in [3.05, 3.63) is 24.3 Å².